The molecule has 5 nitrogen and oxygen atoms in total. The van der Waals surface area contributed by atoms with Gasteiger partial charge in [0.05, 0.1) is 24.6 Å². The van der Waals surface area contributed by atoms with Crippen LogP contribution in [0.1, 0.15) is 26.5 Å². The van der Waals surface area contributed by atoms with E-state index in [-0.39, 0.29) is 11.4 Å². The summed E-state index contributed by atoms with van der Waals surface area (Å²) in [6.07, 6.45) is 1.36. The van der Waals surface area contributed by atoms with Crippen LogP contribution in [0.4, 0.5) is 14.5 Å². The second-order valence-corrected chi connectivity index (χ2v) is 6.68. The van der Waals surface area contributed by atoms with Crippen molar-refractivity contribution in [3.8, 4) is 0 Å². The Hall–Kier alpha value is -3.13. The van der Waals surface area contributed by atoms with Crippen LogP contribution in [0.15, 0.2) is 64.1 Å². The Morgan fingerprint density at radius 3 is 2.57 bits per heavy atom. The number of halogens is 2. The summed E-state index contributed by atoms with van der Waals surface area (Å²) in [6.45, 7) is 0. The summed E-state index contributed by atoms with van der Waals surface area (Å²) in [5, 5.41) is 2.31. The number of carbonyl (C=O) groups is 2. The number of esters is 1. The molecule has 0 aliphatic heterocycles. The van der Waals surface area contributed by atoms with E-state index in [4.69, 9.17) is 4.42 Å². The van der Waals surface area contributed by atoms with Crippen molar-refractivity contribution in [1.82, 2.24) is 0 Å². The molecule has 3 aromatic rings. The summed E-state index contributed by atoms with van der Waals surface area (Å²) in [4.78, 5) is 25.1. The smallest absolute Gasteiger partial charge is 0.340 e. The third kappa shape index (κ3) is 4.40. The fourth-order valence-electron chi connectivity index (χ4n) is 2.42. The number of hydrogen-bond donors (Lipinski definition) is 1. The van der Waals surface area contributed by atoms with Gasteiger partial charge in [-0.3, -0.25) is 4.79 Å². The third-order valence-corrected chi connectivity index (χ3v) is 4.86. The molecule has 28 heavy (non-hydrogen) atoms. The number of benzene rings is 2. The number of methoxy groups -OCH3 is 1. The summed E-state index contributed by atoms with van der Waals surface area (Å²) in [7, 11) is 1.07. The lowest BCUT2D eigenvalue weighted by atomic mass is 10.1. The number of nitrogens with one attached hydrogen (secondary N) is 1. The Kier molecular flexibility index (Phi) is 6.10. The molecule has 1 heterocycles. The number of furan rings is 1. The molecule has 1 amide bonds. The Labute approximate surface area is 163 Å². The Balaban J connectivity index is 1.77. The maximum absolute atomic E-state index is 14.0. The maximum atomic E-state index is 14.0. The van der Waals surface area contributed by atoms with Crippen molar-refractivity contribution in [3.63, 3.8) is 0 Å². The molecule has 0 aliphatic rings. The molecule has 144 valence electrons. The molecular formula is C20H15F2NO4S. The van der Waals surface area contributed by atoms with Gasteiger partial charge >= 0.3 is 5.97 Å². The van der Waals surface area contributed by atoms with Crippen LogP contribution in [0.3, 0.4) is 0 Å². The molecule has 0 bridgehead atoms. The highest BCUT2D eigenvalue weighted by Gasteiger charge is 2.21. The van der Waals surface area contributed by atoms with Gasteiger partial charge in [0.25, 0.3) is 5.91 Å². The standard InChI is InChI=1S/C20H15F2NO4S/c1-26-20(25)14-9-17(16(22)10-15(14)21)23-19(24)18-12(7-8-27-18)11-28-13-5-3-2-4-6-13/h2-10H,11H2,1H3,(H,23,24). The number of ether oxygens (including phenoxy) is 1. The highest BCUT2D eigenvalue weighted by atomic mass is 32.2. The van der Waals surface area contributed by atoms with Gasteiger partial charge in [0.1, 0.15) is 11.6 Å². The summed E-state index contributed by atoms with van der Waals surface area (Å²) in [5.41, 5.74) is -0.231. The van der Waals surface area contributed by atoms with Crippen molar-refractivity contribution < 1.29 is 27.5 Å². The number of rotatable bonds is 6. The molecular weight excluding hydrogens is 388 g/mol. The van der Waals surface area contributed by atoms with Crippen LogP contribution in [0.25, 0.3) is 0 Å². The van der Waals surface area contributed by atoms with Gasteiger partial charge in [-0.25, -0.2) is 13.6 Å². The minimum Gasteiger partial charge on any atom is -0.465 e. The lowest BCUT2D eigenvalue weighted by molar-refractivity contribution is 0.0595. The van der Waals surface area contributed by atoms with Crippen LogP contribution in [-0.4, -0.2) is 19.0 Å². The van der Waals surface area contributed by atoms with E-state index in [1.54, 1.807) is 6.07 Å². The first-order valence-electron chi connectivity index (χ1n) is 8.12. The van der Waals surface area contributed by atoms with Gasteiger partial charge in [-0.05, 0) is 24.3 Å². The molecule has 1 N–H and O–H groups in total. The maximum Gasteiger partial charge on any atom is 0.340 e. The van der Waals surface area contributed by atoms with Gasteiger partial charge < -0.3 is 14.5 Å². The van der Waals surface area contributed by atoms with E-state index in [0.29, 0.717) is 17.4 Å². The fraction of sp³-hybridized carbons (Fsp3) is 0.100. The molecule has 0 saturated carbocycles. The van der Waals surface area contributed by atoms with Crippen LogP contribution in [-0.2, 0) is 10.5 Å². The Bertz CT molecular complexity index is 1000. The molecule has 8 heteroatoms. The van der Waals surface area contributed by atoms with Crippen molar-refractivity contribution in [3.05, 3.63) is 83.3 Å². The lowest BCUT2D eigenvalue weighted by Gasteiger charge is -2.09. The molecule has 0 aliphatic carbocycles. The highest BCUT2D eigenvalue weighted by Crippen LogP contribution is 2.26. The third-order valence-electron chi connectivity index (χ3n) is 3.80. The zero-order valence-corrected chi connectivity index (χ0v) is 15.5. The summed E-state index contributed by atoms with van der Waals surface area (Å²) < 4.78 is 37.4. The normalized spacial score (nSPS) is 10.5. The van der Waals surface area contributed by atoms with Crippen molar-refractivity contribution in [2.75, 3.05) is 12.4 Å². The van der Waals surface area contributed by atoms with Gasteiger partial charge in [0.2, 0.25) is 0 Å². The van der Waals surface area contributed by atoms with Crippen LogP contribution in [0.2, 0.25) is 0 Å². The molecule has 0 saturated heterocycles. The quantitative estimate of drug-likeness (QED) is 0.469. The Morgan fingerprint density at radius 2 is 1.86 bits per heavy atom. The number of anilines is 1. The number of hydrogen-bond acceptors (Lipinski definition) is 5. The van der Waals surface area contributed by atoms with Crippen LogP contribution >= 0.6 is 11.8 Å². The predicted molar refractivity (Wildman–Crippen MR) is 100 cm³/mol. The van der Waals surface area contributed by atoms with Crippen molar-refractivity contribution >= 4 is 29.3 Å². The van der Waals surface area contributed by atoms with Gasteiger partial charge in [0.15, 0.2) is 5.76 Å². The zero-order chi connectivity index (χ0) is 20.1. The topological polar surface area (TPSA) is 68.5 Å². The molecule has 1 aromatic heterocycles. The monoisotopic (exact) mass is 403 g/mol. The van der Waals surface area contributed by atoms with Crippen molar-refractivity contribution in [1.29, 1.82) is 0 Å². The first kappa shape index (κ1) is 19.6. The lowest BCUT2D eigenvalue weighted by Crippen LogP contribution is -2.15. The molecule has 0 fully saturated rings. The molecule has 0 unspecified atom stereocenters. The fourth-order valence-corrected chi connectivity index (χ4v) is 3.32. The van der Waals surface area contributed by atoms with E-state index >= 15 is 0 Å². The van der Waals surface area contributed by atoms with Crippen LogP contribution < -0.4 is 5.32 Å². The Morgan fingerprint density at radius 1 is 1.11 bits per heavy atom. The number of amides is 1. The van der Waals surface area contributed by atoms with Gasteiger partial charge in [0, 0.05) is 22.3 Å². The molecule has 0 radical (unpaired) electrons. The van der Waals surface area contributed by atoms with E-state index < -0.39 is 29.1 Å². The predicted octanol–water partition coefficient (Wildman–Crippen LogP) is 4.89. The van der Waals surface area contributed by atoms with E-state index in [2.05, 4.69) is 10.1 Å². The average molecular weight is 403 g/mol. The molecule has 3 rings (SSSR count). The minimum absolute atomic E-state index is 0.00627. The number of thioether (sulfide) groups is 1. The van der Waals surface area contributed by atoms with Crippen molar-refractivity contribution in [2.24, 2.45) is 0 Å². The van der Waals surface area contributed by atoms with Gasteiger partial charge in [-0.15, -0.1) is 11.8 Å². The molecule has 0 spiro atoms. The average Bonchev–Trinajstić information content (AvgIpc) is 3.17. The summed E-state index contributed by atoms with van der Waals surface area (Å²) in [5.74, 6) is -3.33. The van der Waals surface area contributed by atoms with E-state index in [1.807, 2.05) is 30.3 Å². The van der Waals surface area contributed by atoms with E-state index in [0.717, 1.165) is 18.1 Å². The van der Waals surface area contributed by atoms with Crippen molar-refractivity contribution in [2.45, 2.75) is 10.6 Å². The molecule has 0 atom stereocenters. The summed E-state index contributed by atoms with van der Waals surface area (Å²) in [6, 6.07) is 12.6. The SMILES string of the molecule is COC(=O)c1cc(NC(=O)c2occc2CSc2ccccc2)c(F)cc1F. The van der Waals surface area contributed by atoms with E-state index in [9.17, 15) is 18.4 Å². The first-order chi connectivity index (χ1) is 13.5. The van der Waals surface area contributed by atoms with E-state index in [1.165, 1.54) is 18.0 Å². The zero-order valence-electron chi connectivity index (χ0n) is 14.7. The van der Waals surface area contributed by atoms with Crippen LogP contribution in [0.5, 0.6) is 0 Å². The highest BCUT2D eigenvalue weighted by molar-refractivity contribution is 7.98. The summed E-state index contributed by atoms with van der Waals surface area (Å²) >= 11 is 1.51. The molecule has 2 aromatic carbocycles. The second-order valence-electron chi connectivity index (χ2n) is 5.63. The largest absolute Gasteiger partial charge is 0.465 e. The van der Waals surface area contributed by atoms with Gasteiger partial charge in [-0.1, -0.05) is 18.2 Å². The second kappa shape index (κ2) is 8.71. The van der Waals surface area contributed by atoms with Crippen LogP contribution in [0, 0.1) is 11.6 Å². The van der Waals surface area contributed by atoms with Gasteiger partial charge in [-0.2, -0.15) is 0 Å². The first-order valence-corrected chi connectivity index (χ1v) is 9.11. The minimum atomic E-state index is -1.08. The number of carbonyl (C=O) groups excluding carboxylic acids is 2.